The van der Waals surface area contributed by atoms with Crippen LogP contribution < -0.4 is 16.0 Å². The van der Waals surface area contributed by atoms with Gasteiger partial charge in [-0.25, -0.2) is 14.8 Å². The summed E-state index contributed by atoms with van der Waals surface area (Å²) in [5.41, 5.74) is 2.43. The number of hydrogen-bond donors (Lipinski definition) is 5. The summed E-state index contributed by atoms with van der Waals surface area (Å²) >= 11 is 1.35. The minimum absolute atomic E-state index is 0.186. The molecule has 0 spiro atoms. The Morgan fingerprint density at radius 3 is 2.46 bits per heavy atom. The van der Waals surface area contributed by atoms with E-state index in [-0.39, 0.29) is 17.9 Å². The highest BCUT2D eigenvalue weighted by Gasteiger charge is 2.24. The zero-order valence-electron chi connectivity index (χ0n) is 19.4. The number of carbonyl (C=O) groups excluding carboxylic acids is 2. The molecular formula is C24H27N5O5S. The van der Waals surface area contributed by atoms with Crippen LogP contribution in [0.5, 0.6) is 5.75 Å². The van der Waals surface area contributed by atoms with Crippen LogP contribution in [0.15, 0.2) is 41.1 Å². The Morgan fingerprint density at radius 2 is 1.83 bits per heavy atom. The molecule has 35 heavy (non-hydrogen) atoms. The van der Waals surface area contributed by atoms with Gasteiger partial charge < -0.3 is 26.2 Å². The largest absolute Gasteiger partial charge is 0.508 e. The molecule has 1 unspecified atom stereocenters. The number of thiophene rings is 1. The van der Waals surface area contributed by atoms with E-state index in [1.165, 1.54) is 11.3 Å². The molecule has 3 aromatic rings. The van der Waals surface area contributed by atoms with E-state index in [0.717, 1.165) is 18.4 Å². The second-order valence-corrected chi connectivity index (χ2v) is 8.66. The standard InChI is InChI=1S/C24H27N5O5S/c1-14-20(22(32)29-19(23(33)34)12-26-21(31)17-8-10-35-13-17)15(2)28-24(27-14)25-9-4-6-16-5-3-7-18(30)11-16/h3,5,7-8,10-11,13,19,30H,4,6,9,12H2,1-2H3,(H,26,31)(H,29,32)(H,33,34)(H,25,27,28). The van der Waals surface area contributed by atoms with Gasteiger partial charge in [-0.1, -0.05) is 12.1 Å². The normalized spacial score (nSPS) is 11.5. The van der Waals surface area contributed by atoms with Crippen molar-refractivity contribution in [3.63, 3.8) is 0 Å². The van der Waals surface area contributed by atoms with Gasteiger partial charge in [-0.2, -0.15) is 11.3 Å². The number of amides is 2. The molecule has 0 bridgehead atoms. The van der Waals surface area contributed by atoms with Gasteiger partial charge >= 0.3 is 5.97 Å². The van der Waals surface area contributed by atoms with Crippen molar-refractivity contribution in [3.05, 3.63) is 69.2 Å². The molecule has 1 atom stereocenters. The number of carbonyl (C=O) groups is 3. The van der Waals surface area contributed by atoms with E-state index in [0.29, 0.717) is 29.4 Å². The smallest absolute Gasteiger partial charge is 0.328 e. The molecule has 2 amide bonds. The van der Waals surface area contributed by atoms with E-state index < -0.39 is 23.8 Å². The summed E-state index contributed by atoms with van der Waals surface area (Å²) in [5.74, 6) is -1.72. The third-order valence-corrected chi connectivity index (χ3v) is 5.87. The molecule has 0 saturated carbocycles. The van der Waals surface area contributed by atoms with Crippen LogP contribution in [0.3, 0.4) is 0 Å². The van der Waals surface area contributed by atoms with Crippen molar-refractivity contribution >= 4 is 35.1 Å². The predicted octanol–water partition coefficient (Wildman–Crippen LogP) is 2.52. The summed E-state index contributed by atoms with van der Waals surface area (Å²) < 4.78 is 0. The van der Waals surface area contributed by atoms with Gasteiger partial charge in [0.2, 0.25) is 5.95 Å². The number of carboxylic acid groups (broad SMARTS) is 1. The summed E-state index contributed by atoms with van der Waals surface area (Å²) in [6.07, 6.45) is 1.55. The van der Waals surface area contributed by atoms with Crippen LogP contribution in [-0.4, -0.2) is 57.1 Å². The van der Waals surface area contributed by atoms with E-state index in [9.17, 15) is 24.6 Å². The lowest BCUT2D eigenvalue weighted by atomic mass is 10.1. The van der Waals surface area contributed by atoms with E-state index >= 15 is 0 Å². The summed E-state index contributed by atoms with van der Waals surface area (Å²) in [7, 11) is 0. The van der Waals surface area contributed by atoms with Crippen molar-refractivity contribution in [2.45, 2.75) is 32.7 Å². The number of phenols is 1. The number of aryl methyl sites for hydroxylation is 3. The minimum Gasteiger partial charge on any atom is -0.508 e. The minimum atomic E-state index is -1.32. The van der Waals surface area contributed by atoms with Crippen molar-refractivity contribution in [2.24, 2.45) is 0 Å². The quantitative estimate of drug-likeness (QED) is 0.253. The van der Waals surface area contributed by atoms with E-state index in [2.05, 4.69) is 25.9 Å². The summed E-state index contributed by atoms with van der Waals surface area (Å²) in [6.45, 7) is 3.61. The lowest BCUT2D eigenvalue weighted by molar-refractivity contribution is -0.139. The molecule has 184 valence electrons. The van der Waals surface area contributed by atoms with Gasteiger partial charge in [-0.05, 0) is 55.8 Å². The highest BCUT2D eigenvalue weighted by molar-refractivity contribution is 7.08. The zero-order chi connectivity index (χ0) is 25.4. The van der Waals surface area contributed by atoms with Gasteiger partial charge in [0.15, 0.2) is 0 Å². The van der Waals surface area contributed by atoms with Crippen molar-refractivity contribution in [3.8, 4) is 5.75 Å². The summed E-state index contributed by atoms with van der Waals surface area (Å²) in [5, 5.41) is 30.5. The van der Waals surface area contributed by atoms with Crippen LogP contribution in [-0.2, 0) is 11.2 Å². The molecule has 0 saturated heterocycles. The maximum atomic E-state index is 12.8. The van der Waals surface area contributed by atoms with E-state index in [1.807, 2.05) is 6.07 Å². The topological polar surface area (TPSA) is 154 Å². The molecule has 3 rings (SSSR count). The SMILES string of the molecule is Cc1nc(NCCCc2cccc(O)c2)nc(C)c1C(=O)NC(CNC(=O)c1ccsc1)C(=O)O. The Hall–Kier alpha value is -3.99. The molecule has 11 heteroatoms. The molecule has 0 aliphatic rings. The lowest BCUT2D eigenvalue weighted by Crippen LogP contribution is -2.48. The number of benzene rings is 1. The second kappa shape index (κ2) is 11.9. The van der Waals surface area contributed by atoms with Gasteiger partial charge in [0.1, 0.15) is 11.8 Å². The first-order valence-corrected chi connectivity index (χ1v) is 11.9. The molecule has 2 aromatic heterocycles. The average molecular weight is 498 g/mol. The third-order valence-electron chi connectivity index (χ3n) is 5.19. The third kappa shape index (κ3) is 7.24. The monoisotopic (exact) mass is 497 g/mol. The van der Waals surface area contributed by atoms with Crippen LogP contribution in [0, 0.1) is 13.8 Å². The fourth-order valence-electron chi connectivity index (χ4n) is 3.45. The highest BCUT2D eigenvalue weighted by Crippen LogP contribution is 2.15. The maximum Gasteiger partial charge on any atom is 0.328 e. The van der Waals surface area contributed by atoms with Crippen LogP contribution in [0.25, 0.3) is 0 Å². The number of aromatic nitrogens is 2. The number of aromatic hydroxyl groups is 1. The first-order valence-electron chi connectivity index (χ1n) is 11.0. The number of nitrogens with zero attached hydrogens (tertiary/aromatic N) is 2. The molecule has 10 nitrogen and oxygen atoms in total. The molecule has 1 aromatic carbocycles. The Labute approximate surface area is 206 Å². The lowest BCUT2D eigenvalue weighted by Gasteiger charge is -2.17. The van der Waals surface area contributed by atoms with Crippen LogP contribution in [0.1, 0.15) is 44.1 Å². The van der Waals surface area contributed by atoms with Crippen LogP contribution in [0.2, 0.25) is 0 Å². The Bertz CT molecular complexity index is 1180. The Kier molecular flexibility index (Phi) is 8.74. The molecule has 0 radical (unpaired) electrons. The van der Waals surface area contributed by atoms with E-state index in [1.54, 1.807) is 48.9 Å². The summed E-state index contributed by atoms with van der Waals surface area (Å²) in [6, 6.07) is 7.38. The van der Waals surface area contributed by atoms with Crippen molar-refractivity contribution < 1.29 is 24.6 Å². The fraction of sp³-hybridized carbons (Fsp3) is 0.292. The fourth-order valence-corrected chi connectivity index (χ4v) is 4.09. The molecule has 0 aliphatic heterocycles. The first kappa shape index (κ1) is 25.6. The number of hydrogen-bond acceptors (Lipinski definition) is 8. The second-order valence-electron chi connectivity index (χ2n) is 7.88. The van der Waals surface area contributed by atoms with Crippen molar-refractivity contribution in [2.75, 3.05) is 18.4 Å². The summed E-state index contributed by atoms with van der Waals surface area (Å²) in [4.78, 5) is 45.2. The predicted molar refractivity (Wildman–Crippen MR) is 132 cm³/mol. The van der Waals surface area contributed by atoms with Crippen molar-refractivity contribution in [1.82, 2.24) is 20.6 Å². The average Bonchev–Trinajstić information content (AvgIpc) is 3.34. The first-order chi connectivity index (χ1) is 16.7. The number of anilines is 1. The number of carboxylic acids is 1. The molecule has 0 aliphatic carbocycles. The molecule has 5 N–H and O–H groups in total. The highest BCUT2D eigenvalue weighted by atomic mass is 32.1. The Morgan fingerprint density at radius 1 is 1.09 bits per heavy atom. The van der Waals surface area contributed by atoms with Gasteiger partial charge in [-0.15, -0.1) is 0 Å². The van der Waals surface area contributed by atoms with Gasteiger partial charge in [0, 0.05) is 24.0 Å². The maximum absolute atomic E-state index is 12.8. The number of rotatable bonds is 11. The van der Waals surface area contributed by atoms with Gasteiger partial charge in [0.05, 0.1) is 17.0 Å². The number of phenolic OH excluding ortho intramolecular Hbond substituents is 1. The molecule has 2 heterocycles. The van der Waals surface area contributed by atoms with Crippen molar-refractivity contribution in [1.29, 1.82) is 0 Å². The van der Waals surface area contributed by atoms with Crippen LogP contribution >= 0.6 is 11.3 Å². The van der Waals surface area contributed by atoms with Gasteiger partial charge in [-0.3, -0.25) is 9.59 Å². The molecule has 0 fully saturated rings. The van der Waals surface area contributed by atoms with Gasteiger partial charge in [0.25, 0.3) is 11.8 Å². The van der Waals surface area contributed by atoms with E-state index in [4.69, 9.17) is 0 Å². The number of aliphatic carboxylic acids is 1. The Balaban J connectivity index is 1.57. The number of nitrogens with one attached hydrogen (secondary N) is 3. The zero-order valence-corrected chi connectivity index (χ0v) is 20.2. The molecular weight excluding hydrogens is 470 g/mol. The van der Waals surface area contributed by atoms with Crippen LogP contribution in [0.4, 0.5) is 5.95 Å².